The smallest absolute Gasteiger partial charge is 0.193 e. The lowest BCUT2D eigenvalue weighted by Crippen LogP contribution is -2.22. The Hall–Kier alpha value is -0.860. The highest BCUT2D eigenvalue weighted by Gasteiger charge is 2.19. The summed E-state index contributed by atoms with van der Waals surface area (Å²) in [5.41, 5.74) is 0.530. The summed E-state index contributed by atoms with van der Waals surface area (Å²) in [7, 11) is 1.53. The Kier molecular flexibility index (Phi) is 4.11. The number of Topliss-reactive ketones (excluding diaryl/α,β-unsaturated/α-hetero) is 1. The molecule has 1 rings (SSSR count). The molecule has 0 heterocycles. The van der Waals surface area contributed by atoms with E-state index >= 15 is 0 Å². The fraction of sp³-hybridized carbons (Fsp3) is 0.364. The van der Waals surface area contributed by atoms with Crippen LogP contribution in [-0.4, -0.2) is 19.0 Å². The van der Waals surface area contributed by atoms with Gasteiger partial charge in [-0.3, -0.25) is 4.79 Å². The Morgan fingerprint density at radius 1 is 1.50 bits per heavy atom. The summed E-state index contributed by atoms with van der Waals surface area (Å²) in [4.78, 5) is 11.8. The van der Waals surface area contributed by atoms with E-state index < -0.39 is 6.10 Å². The molecule has 0 spiro atoms. The summed E-state index contributed by atoms with van der Waals surface area (Å²) in [5, 5.41) is 0.480. The minimum absolute atomic E-state index is 0.0550. The van der Waals surface area contributed by atoms with Gasteiger partial charge in [0, 0.05) is 12.7 Å². The second-order valence-electron chi connectivity index (χ2n) is 2.98. The lowest BCUT2D eigenvalue weighted by Gasteiger charge is -2.12. The zero-order chi connectivity index (χ0) is 10.6. The van der Waals surface area contributed by atoms with Crippen LogP contribution in [-0.2, 0) is 4.74 Å². The van der Waals surface area contributed by atoms with Gasteiger partial charge in [-0.2, -0.15) is 0 Å². The van der Waals surface area contributed by atoms with Gasteiger partial charge < -0.3 is 4.74 Å². The van der Waals surface area contributed by atoms with E-state index in [4.69, 9.17) is 16.3 Å². The first kappa shape index (κ1) is 11.2. The number of carbonyl (C=O) groups is 1. The Bertz CT molecular complexity index is 319. The number of benzene rings is 1. The van der Waals surface area contributed by atoms with Crippen molar-refractivity contribution in [3.05, 3.63) is 34.9 Å². The second kappa shape index (κ2) is 5.13. The topological polar surface area (TPSA) is 26.3 Å². The van der Waals surface area contributed by atoms with Gasteiger partial charge >= 0.3 is 0 Å². The third-order valence-electron chi connectivity index (χ3n) is 2.09. The minimum atomic E-state index is -0.394. The van der Waals surface area contributed by atoms with Gasteiger partial charge in [0.2, 0.25) is 0 Å². The molecule has 0 aliphatic rings. The van der Waals surface area contributed by atoms with Crippen LogP contribution in [0.15, 0.2) is 24.3 Å². The van der Waals surface area contributed by atoms with Gasteiger partial charge in [0.25, 0.3) is 0 Å². The van der Waals surface area contributed by atoms with E-state index in [0.717, 1.165) is 0 Å². The zero-order valence-electron chi connectivity index (χ0n) is 8.29. The van der Waals surface area contributed by atoms with Crippen LogP contribution in [0.5, 0.6) is 0 Å². The van der Waals surface area contributed by atoms with Crippen molar-refractivity contribution >= 4 is 17.4 Å². The maximum absolute atomic E-state index is 11.8. The predicted octanol–water partition coefficient (Wildman–Crippen LogP) is 2.95. The van der Waals surface area contributed by atoms with Crippen molar-refractivity contribution in [2.75, 3.05) is 7.11 Å². The quantitative estimate of drug-likeness (QED) is 0.718. The molecule has 0 aliphatic carbocycles. The second-order valence-corrected chi connectivity index (χ2v) is 3.38. The molecular formula is C11H13ClO2. The van der Waals surface area contributed by atoms with Crippen molar-refractivity contribution in [2.45, 2.75) is 19.4 Å². The van der Waals surface area contributed by atoms with Crippen molar-refractivity contribution in [1.29, 1.82) is 0 Å². The summed E-state index contributed by atoms with van der Waals surface area (Å²) in [6, 6.07) is 7.01. The number of ether oxygens (including phenoxy) is 1. The van der Waals surface area contributed by atoms with Crippen molar-refractivity contribution in [3.63, 3.8) is 0 Å². The standard InChI is InChI=1S/C11H13ClO2/c1-3-10(14-2)11(13)8-6-4-5-7-9(8)12/h4-7,10H,3H2,1-2H3. The third kappa shape index (κ3) is 2.34. The normalized spacial score (nSPS) is 12.5. The molecule has 1 atom stereocenters. The molecule has 0 radical (unpaired) electrons. The van der Waals surface area contributed by atoms with Gasteiger partial charge in [-0.05, 0) is 18.6 Å². The number of carbonyl (C=O) groups excluding carboxylic acids is 1. The molecule has 14 heavy (non-hydrogen) atoms. The fourth-order valence-corrected chi connectivity index (χ4v) is 1.52. The average Bonchev–Trinajstić information content (AvgIpc) is 2.20. The predicted molar refractivity (Wildman–Crippen MR) is 56.9 cm³/mol. The van der Waals surface area contributed by atoms with Gasteiger partial charge in [-0.25, -0.2) is 0 Å². The van der Waals surface area contributed by atoms with Gasteiger partial charge in [0.15, 0.2) is 5.78 Å². The average molecular weight is 213 g/mol. The summed E-state index contributed by atoms with van der Waals surface area (Å²) in [6.45, 7) is 1.91. The SMILES string of the molecule is CCC(OC)C(=O)c1ccccc1Cl. The van der Waals surface area contributed by atoms with Crippen LogP contribution in [0.4, 0.5) is 0 Å². The summed E-state index contributed by atoms with van der Waals surface area (Å²) < 4.78 is 5.06. The van der Waals surface area contributed by atoms with Crippen LogP contribution in [0, 0.1) is 0 Å². The Morgan fingerprint density at radius 3 is 2.64 bits per heavy atom. The van der Waals surface area contributed by atoms with Gasteiger partial charge in [0.05, 0.1) is 5.02 Å². The highest BCUT2D eigenvalue weighted by atomic mass is 35.5. The van der Waals surface area contributed by atoms with E-state index in [9.17, 15) is 4.79 Å². The van der Waals surface area contributed by atoms with Crippen LogP contribution in [0.1, 0.15) is 23.7 Å². The van der Waals surface area contributed by atoms with Gasteiger partial charge in [-0.1, -0.05) is 30.7 Å². The van der Waals surface area contributed by atoms with Crippen LogP contribution in [0.3, 0.4) is 0 Å². The number of hydrogen-bond acceptors (Lipinski definition) is 2. The first-order chi connectivity index (χ1) is 6.70. The van der Waals surface area contributed by atoms with Gasteiger partial charge in [0.1, 0.15) is 6.10 Å². The molecular weight excluding hydrogens is 200 g/mol. The van der Waals surface area contributed by atoms with Gasteiger partial charge in [-0.15, -0.1) is 0 Å². The first-order valence-electron chi connectivity index (χ1n) is 4.52. The Labute approximate surface area is 88.8 Å². The van der Waals surface area contributed by atoms with Crippen molar-refractivity contribution in [1.82, 2.24) is 0 Å². The third-order valence-corrected chi connectivity index (χ3v) is 2.42. The molecule has 2 nitrogen and oxygen atoms in total. The molecule has 1 unspecified atom stereocenters. The Balaban J connectivity index is 2.94. The zero-order valence-corrected chi connectivity index (χ0v) is 9.04. The molecule has 0 N–H and O–H groups in total. The molecule has 0 aromatic heterocycles. The van der Waals surface area contributed by atoms with Crippen LogP contribution < -0.4 is 0 Å². The molecule has 0 saturated carbocycles. The minimum Gasteiger partial charge on any atom is -0.373 e. The lowest BCUT2D eigenvalue weighted by atomic mass is 10.0. The Morgan fingerprint density at radius 2 is 2.14 bits per heavy atom. The maximum atomic E-state index is 11.8. The van der Waals surface area contributed by atoms with E-state index in [1.165, 1.54) is 7.11 Å². The number of ketones is 1. The molecule has 0 bridgehead atoms. The van der Waals surface area contributed by atoms with E-state index in [1.54, 1.807) is 24.3 Å². The molecule has 76 valence electrons. The molecule has 0 fully saturated rings. The first-order valence-corrected chi connectivity index (χ1v) is 4.90. The van der Waals surface area contributed by atoms with E-state index in [2.05, 4.69) is 0 Å². The number of hydrogen-bond donors (Lipinski definition) is 0. The van der Waals surface area contributed by atoms with Crippen LogP contribution in [0.25, 0.3) is 0 Å². The fourth-order valence-electron chi connectivity index (χ4n) is 1.29. The maximum Gasteiger partial charge on any atom is 0.193 e. The van der Waals surface area contributed by atoms with E-state index in [1.807, 2.05) is 6.92 Å². The number of methoxy groups -OCH3 is 1. The monoisotopic (exact) mass is 212 g/mol. The summed E-state index contributed by atoms with van der Waals surface area (Å²) in [5.74, 6) is -0.0550. The van der Waals surface area contributed by atoms with E-state index in [0.29, 0.717) is 17.0 Å². The number of rotatable bonds is 4. The van der Waals surface area contributed by atoms with Crippen molar-refractivity contribution < 1.29 is 9.53 Å². The van der Waals surface area contributed by atoms with E-state index in [-0.39, 0.29) is 5.78 Å². The molecule has 1 aromatic carbocycles. The molecule has 3 heteroatoms. The highest BCUT2D eigenvalue weighted by Crippen LogP contribution is 2.18. The summed E-state index contributed by atoms with van der Waals surface area (Å²) in [6.07, 6.45) is 0.260. The largest absolute Gasteiger partial charge is 0.373 e. The number of halogens is 1. The molecule has 0 saturated heterocycles. The summed E-state index contributed by atoms with van der Waals surface area (Å²) >= 11 is 5.90. The van der Waals surface area contributed by atoms with Crippen LogP contribution in [0.2, 0.25) is 5.02 Å². The van der Waals surface area contributed by atoms with Crippen molar-refractivity contribution in [2.24, 2.45) is 0 Å². The van der Waals surface area contributed by atoms with Crippen molar-refractivity contribution in [3.8, 4) is 0 Å². The molecule has 0 amide bonds. The highest BCUT2D eigenvalue weighted by molar-refractivity contribution is 6.34. The lowest BCUT2D eigenvalue weighted by molar-refractivity contribution is 0.0596. The van der Waals surface area contributed by atoms with Crippen LogP contribution >= 0.6 is 11.6 Å². The molecule has 1 aromatic rings. The molecule has 0 aliphatic heterocycles.